The van der Waals surface area contributed by atoms with Gasteiger partial charge >= 0.3 is 0 Å². The SMILES string of the molecule is NC[C@H](c1cccc(Cl)c1)n1ccc(-c2c[nH]c3ncc(N4CCOCC4)cc23)cc1=O. The summed E-state index contributed by atoms with van der Waals surface area (Å²) in [5.41, 5.74) is 10.4. The maximum atomic E-state index is 13.1. The van der Waals surface area contributed by atoms with Gasteiger partial charge in [-0.3, -0.25) is 4.79 Å². The molecule has 3 aromatic heterocycles. The predicted octanol–water partition coefficient (Wildman–Crippen LogP) is 3.43. The molecular formula is C24H24ClN5O2. The quantitative estimate of drug-likeness (QED) is 0.487. The summed E-state index contributed by atoms with van der Waals surface area (Å²) in [6, 6.07) is 12.9. The van der Waals surface area contributed by atoms with Crippen LogP contribution in [0.5, 0.6) is 0 Å². The van der Waals surface area contributed by atoms with E-state index in [9.17, 15) is 4.79 Å². The van der Waals surface area contributed by atoms with Gasteiger partial charge in [0.1, 0.15) is 5.65 Å². The number of benzene rings is 1. The van der Waals surface area contributed by atoms with Crippen LogP contribution in [0.25, 0.3) is 22.2 Å². The zero-order chi connectivity index (χ0) is 22.1. The number of hydrogen-bond donors (Lipinski definition) is 2. The maximum absolute atomic E-state index is 13.1. The summed E-state index contributed by atoms with van der Waals surface area (Å²) < 4.78 is 7.11. The third kappa shape index (κ3) is 3.90. The molecule has 0 unspecified atom stereocenters. The van der Waals surface area contributed by atoms with Crippen LogP contribution in [0.2, 0.25) is 5.02 Å². The molecule has 4 aromatic rings. The van der Waals surface area contributed by atoms with Gasteiger partial charge in [-0.25, -0.2) is 4.98 Å². The number of H-pyrrole nitrogens is 1. The fourth-order valence-electron chi connectivity index (χ4n) is 4.26. The molecule has 1 aromatic carbocycles. The second-order valence-electron chi connectivity index (χ2n) is 7.86. The van der Waals surface area contributed by atoms with Gasteiger partial charge in [-0.2, -0.15) is 0 Å². The summed E-state index contributed by atoms with van der Waals surface area (Å²) in [6.45, 7) is 3.40. The van der Waals surface area contributed by atoms with Gasteiger partial charge in [0.2, 0.25) is 0 Å². The largest absolute Gasteiger partial charge is 0.378 e. The number of halogens is 1. The molecule has 164 valence electrons. The standard InChI is InChI=1S/C24H24ClN5O2/c25-18-3-1-2-17(10-18)22(13-26)30-5-4-16(11-23(30)31)21-15-28-24-20(21)12-19(14-27-24)29-6-8-32-9-7-29/h1-5,10-12,14-15,22H,6-9,13,26H2,(H,27,28)/t22-/m1/s1. The predicted molar refractivity (Wildman–Crippen MR) is 127 cm³/mol. The van der Waals surface area contributed by atoms with E-state index in [4.69, 9.17) is 22.1 Å². The fourth-order valence-corrected chi connectivity index (χ4v) is 4.46. The van der Waals surface area contributed by atoms with Crippen molar-refractivity contribution in [2.45, 2.75) is 6.04 Å². The highest BCUT2D eigenvalue weighted by Crippen LogP contribution is 2.30. The second-order valence-corrected chi connectivity index (χ2v) is 8.30. The highest BCUT2D eigenvalue weighted by Gasteiger charge is 2.17. The van der Waals surface area contributed by atoms with E-state index >= 15 is 0 Å². The van der Waals surface area contributed by atoms with Crippen LogP contribution in [-0.4, -0.2) is 47.4 Å². The van der Waals surface area contributed by atoms with Crippen LogP contribution in [-0.2, 0) is 4.74 Å². The average Bonchev–Trinajstić information content (AvgIpc) is 3.24. The van der Waals surface area contributed by atoms with Gasteiger partial charge in [0.05, 0.1) is 31.1 Å². The third-order valence-corrected chi connectivity index (χ3v) is 6.18. The molecule has 8 heteroatoms. The number of fused-ring (bicyclic) bond motifs is 1. The van der Waals surface area contributed by atoms with Crippen LogP contribution in [0.3, 0.4) is 0 Å². The van der Waals surface area contributed by atoms with Gasteiger partial charge in [0.15, 0.2) is 0 Å². The van der Waals surface area contributed by atoms with Crippen molar-refractivity contribution in [2.75, 3.05) is 37.7 Å². The Morgan fingerprint density at radius 3 is 2.78 bits per heavy atom. The summed E-state index contributed by atoms with van der Waals surface area (Å²) in [7, 11) is 0. The fraction of sp³-hybridized carbons (Fsp3) is 0.250. The molecule has 0 bridgehead atoms. The molecule has 5 rings (SSSR count). The van der Waals surface area contributed by atoms with Crippen molar-refractivity contribution >= 4 is 28.3 Å². The number of ether oxygens (including phenoxy) is 1. The molecule has 32 heavy (non-hydrogen) atoms. The first-order chi connectivity index (χ1) is 15.6. The molecule has 7 nitrogen and oxygen atoms in total. The third-order valence-electron chi connectivity index (χ3n) is 5.94. The number of aromatic nitrogens is 3. The number of nitrogens with zero attached hydrogens (tertiary/aromatic N) is 3. The van der Waals surface area contributed by atoms with E-state index in [-0.39, 0.29) is 11.6 Å². The first-order valence-electron chi connectivity index (χ1n) is 10.6. The lowest BCUT2D eigenvalue weighted by molar-refractivity contribution is 0.122. The Labute approximate surface area is 190 Å². The van der Waals surface area contributed by atoms with E-state index in [2.05, 4.69) is 20.9 Å². The van der Waals surface area contributed by atoms with Crippen LogP contribution in [0.1, 0.15) is 11.6 Å². The van der Waals surface area contributed by atoms with Crippen molar-refractivity contribution in [3.63, 3.8) is 0 Å². The van der Waals surface area contributed by atoms with Crippen LogP contribution in [0.15, 0.2) is 65.8 Å². The van der Waals surface area contributed by atoms with Crippen LogP contribution < -0.4 is 16.2 Å². The first kappa shape index (κ1) is 20.8. The van der Waals surface area contributed by atoms with E-state index in [1.54, 1.807) is 22.9 Å². The number of hydrogen-bond acceptors (Lipinski definition) is 5. The Balaban J connectivity index is 1.51. The van der Waals surface area contributed by atoms with Gasteiger partial charge in [-0.1, -0.05) is 23.7 Å². The van der Waals surface area contributed by atoms with Crippen LogP contribution >= 0.6 is 11.6 Å². The van der Waals surface area contributed by atoms with Crippen molar-refractivity contribution in [3.05, 3.63) is 82.0 Å². The van der Waals surface area contributed by atoms with Crippen molar-refractivity contribution in [2.24, 2.45) is 5.73 Å². The molecule has 0 aliphatic carbocycles. The summed E-state index contributed by atoms with van der Waals surface area (Å²) in [5.74, 6) is 0. The minimum atomic E-state index is -0.284. The van der Waals surface area contributed by atoms with Gasteiger partial charge in [-0.05, 0) is 35.4 Å². The normalized spacial score (nSPS) is 15.2. The molecule has 1 fully saturated rings. The Hall–Kier alpha value is -3.13. The van der Waals surface area contributed by atoms with Gasteiger partial charge < -0.3 is 24.9 Å². The summed E-state index contributed by atoms with van der Waals surface area (Å²) in [6.07, 6.45) is 5.58. The lowest BCUT2D eigenvalue weighted by Crippen LogP contribution is -2.36. The van der Waals surface area contributed by atoms with Crippen molar-refractivity contribution in [1.29, 1.82) is 0 Å². The smallest absolute Gasteiger partial charge is 0.251 e. The monoisotopic (exact) mass is 449 g/mol. The lowest BCUT2D eigenvalue weighted by Gasteiger charge is -2.28. The molecule has 3 N–H and O–H groups in total. The van der Waals surface area contributed by atoms with E-state index in [1.165, 1.54) is 0 Å². The number of aromatic amines is 1. The molecule has 4 heterocycles. The zero-order valence-electron chi connectivity index (χ0n) is 17.5. The molecule has 1 saturated heterocycles. The number of anilines is 1. The highest BCUT2D eigenvalue weighted by molar-refractivity contribution is 6.30. The molecule has 0 spiro atoms. The molecule has 1 aliphatic heterocycles. The first-order valence-corrected chi connectivity index (χ1v) is 11.0. The average molecular weight is 450 g/mol. The number of pyridine rings is 2. The van der Waals surface area contributed by atoms with Gasteiger partial charge in [0, 0.05) is 54.1 Å². The minimum absolute atomic E-state index is 0.121. The van der Waals surface area contributed by atoms with Gasteiger partial charge in [-0.15, -0.1) is 0 Å². The molecule has 0 radical (unpaired) electrons. The van der Waals surface area contributed by atoms with Gasteiger partial charge in [0.25, 0.3) is 5.56 Å². The summed E-state index contributed by atoms with van der Waals surface area (Å²) >= 11 is 6.14. The highest BCUT2D eigenvalue weighted by atomic mass is 35.5. The zero-order valence-corrected chi connectivity index (χ0v) is 18.3. The van der Waals surface area contributed by atoms with Crippen molar-refractivity contribution < 1.29 is 4.74 Å². The topological polar surface area (TPSA) is 89.2 Å². The Kier molecular flexibility index (Phi) is 5.70. The molecular weight excluding hydrogens is 426 g/mol. The van der Waals surface area contributed by atoms with E-state index in [1.807, 2.05) is 36.7 Å². The molecule has 1 atom stereocenters. The molecule has 0 amide bonds. The Morgan fingerprint density at radius 1 is 1.19 bits per heavy atom. The Bertz CT molecular complexity index is 1310. The minimum Gasteiger partial charge on any atom is -0.378 e. The lowest BCUT2D eigenvalue weighted by atomic mass is 10.0. The van der Waals surface area contributed by atoms with E-state index in [0.29, 0.717) is 24.8 Å². The maximum Gasteiger partial charge on any atom is 0.251 e. The van der Waals surface area contributed by atoms with E-state index < -0.39 is 0 Å². The number of nitrogens with two attached hydrogens (primary N) is 1. The van der Waals surface area contributed by atoms with Crippen molar-refractivity contribution in [3.8, 4) is 11.1 Å². The summed E-state index contributed by atoms with van der Waals surface area (Å²) in [4.78, 5) is 23.1. The molecule has 1 aliphatic rings. The Morgan fingerprint density at radius 2 is 2.03 bits per heavy atom. The van der Waals surface area contributed by atoms with Crippen molar-refractivity contribution in [1.82, 2.24) is 14.5 Å². The summed E-state index contributed by atoms with van der Waals surface area (Å²) in [5, 5.41) is 1.60. The van der Waals surface area contributed by atoms with Crippen LogP contribution in [0.4, 0.5) is 5.69 Å². The second kappa shape index (κ2) is 8.78. The number of morpholine rings is 1. The number of rotatable bonds is 5. The van der Waals surface area contributed by atoms with E-state index in [0.717, 1.165) is 46.5 Å². The van der Waals surface area contributed by atoms with Crippen LogP contribution in [0, 0.1) is 0 Å². The number of nitrogens with one attached hydrogen (secondary N) is 1. The molecule has 0 saturated carbocycles.